The number of aryl methyl sites for hydroxylation is 1. The molecule has 1 aromatic heterocycles. The number of pyridine rings is 1. The fourth-order valence-electron chi connectivity index (χ4n) is 3.14. The fraction of sp³-hybridized carbons (Fsp3) is 0.217. The van der Waals surface area contributed by atoms with Crippen LogP contribution in [-0.4, -0.2) is 28.6 Å². The molecule has 174 valence electrons. The van der Waals surface area contributed by atoms with Crippen molar-refractivity contribution in [2.24, 2.45) is 5.73 Å². The smallest absolute Gasteiger partial charge is 0.266 e. The molecular formula is C23H22BrF2N3O4. The van der Waals surface area contributed by atoms with Crippen LogP contribution in [-0.2, 0) is 17.9 Å². The average molecular weight is 522 g/mol. The van der Waals surface area contributed by atoms with Crippen LogP contribution in [0.2, 0.25) is 0 Å². The number of rotatable bonds is 8. The summed E-state index contributed by atoms with van der Waals surface area (Å²) in [7, 11) is 0. The van der Waals surface area contributed by atoms with Gasteiger partial charge in [0.1, 0.15) is 34.5 Å². The lowest BCUT2D eigenvalue weighted by molar-refractivity contribution is -0.123. The van der Waals surface area contributed by atoms with Gasteiger partial charge in [0.25, 0.3) is 5.56 Å². The van der Waals surface area contributed by atoms with Crippen molar-refractivity contribution in [1.29, 1.82) is 0 Å². The standard InChI is InChI=1S/C23H22BrF2N3O4/c1-12-19(14-4-2-13(3-5-14)9-28-22(31)18(27)10-30)21(20(24)23(32)29-12)33-11-15-6-7-16(25)8-17(15)26/h2-8,18,30H,9-11,27H2,1H3,(H,28,31)(H,29,32)/t18-/m0/s1. The molecule has 1 amide bonds. The summed E-state index contributed by atoms with van der Waals surface area (Å²) in [5, 5.41) is 11.6. The number of ether oxygens (including phenoxy) is 1. The van der Waals surface area contributed by atoms with Crippen molar-refractivity contribution in [3.8, 4) is 16.9 Å². The molecule has 0 aliphatic heterocycles. The Kier molecular flexibility index (Phi) is 7.96. The number of amides is 1. The van der Waals surface area contributed by atoms with E-state index in [9.17, 15) is 18.4 Å². The Morgan fingerprint density at radius 2 is 1.94 bits per heavy atom. The number of nitrogens with two attached hydrogens (primary N) is 1. The van der Waals surface area contributed by atoms with E-state index in [1.54, 1.807) is 31.2 Å². The molecule has 2 aromatic carbocycles. The molecule has 0 aliphatic carbocycles. The lowest BCUT2D eigenvalue weighted by Gasteiger charge is -2.16. The first kappa shape index (κ1) is 24.6. The van der Waals surface area contributed by atoms with Gasteiger partial charge in [-0.15, -0.1) is 0 Å². The Hall–Kier alpha value is -3.08. The minimum Gasteiger partial charge on any atom is -0.487 e. The van der Waals surface area contributed by atoms with Gasteiger partial charge in [-0.1, -0.05) is 24.3 Å². The Morgan fingerprint density at radius 1 is 1.24 bits per heavy atom. The largest absolute Gasteiger partial charge is 0.487 e. The molecule has 1 atom stereocenters. The molecule has 0 saturated heterocycles. The molecule has 0 saturated carbocycles. The van der Waals surface area contributed by atoms with Crippen LogP contribution in [0.1, 0.15) is 16.8 Å². The number of carbonyl (C=O) groups is 1. The normalized spacial score (nSPS) is 11.8. The number of benzene rings is 2. The van der Waals surface area contributed by atoms with Gasteiger partial charge in [-0.2, -0.15) is 0 Å². The van der Waals surface area contributed by atoms with Crippen LogP contribution in [0.25, 0.3) is 11.1 Å². The monoisotopic (exact) mass is 521 g/mol. The molecule has 3 rings (SSSR count). The molecular weight excluding hydrogens is 500 g/mol. The minimum absolute atomic E-state index is 0.138. The highest BCUT2D eigenvalue weighted by molar-refractivity contribution is 9.10. The van der Waals surface area contributed by atoms with E-state index in [1.807, 2.05) is 0 Å². The maximum atomic E-state index is 14.0. The lowest BCUT2D eigenvalue weighted by atomic mass is 10.0. The number of aromatic amines is 1. The van der Waals surface area contributed by atoms with Gasteiger partial charge in [0.2, 0.25) is 5.91 Å². The first-order chi connectivity index (χ1) is 15.7. The molecule has 0 bridgehead atoms. The molecule has 10 heteroatoms. The molecule has 0 radical (unpaired) electrons. The van der Waals surface area contributed by atoms with Crippen LogP contribution in [0.15, 0.2) is 51.7 Å². The Labute approximate surface area is 196 Å². The van der Waals surface area contributed by atoms with Gasteiger partial charge in [-0.05, 0) is 46.1 Å². The third-order valence-electron chi connectivity index (χ3n) is 4.93. The van der Waals surface area contributed by atoms with Crippen LogP contribution in [0, 0.1) is 18.6 Å². The summed E-state index contributed by atoms with van der Waals surface area (Å²) in [5.41, 5.74) is 7.82. The quantitative estimate of drug-likeness (QED) is 0.363. The van der Waals surface area contributed by atoms with Crippen LogP contribution in [0.4, 0.5) is 8.78 Å². The predicted octanol–water partition coefficient (Wildman–Crippen LogP) is 2.91. The second kappa shape index (κ2) is 10.7. The highest BCUT2D eigenvalue weighted by Crippen LogP contribution is 2.37. The van der Waals surface area contributed by atoms with Crippen LogP contribution >= 0.6 is 15.9 Å². The highest BCUT2D eigenvalue weighted by atomic mass is 79.9. The van der Waals surface area contributed by atoms with Crippen molar-refractivity contribution in [2.45, 2.75) is 26.1 Å². The summed E-state index contributed by atoms with van der Waals surface area (Å²) in [6.07, 6.45) is 0. The second-order valence-corrected chi connectivity index (χ2v) is 8.12. The maximum absolute atomic E-state index is 14.0. The summed E-state index contributed by atoms with van der Waals surface area (Å²) in [6, 6.07) is 9.32. The average Bonchev–Trinajstić information content (AvgIpc) is 2.79. The number of aromatic nitrogens is 1. The number of carbonyl (C=O) groups excluding carboxylic acids is 1. The van der Waals surface area contributed by atoms with Crippen molar-refractivity contribution < 1.29 is 23.4 Å². The van der Waals surface area contributed by atoms with E-state index in [4.69, 9.17) is 15.6 Å². The Balaban J connectivity index is 1.87. The van der Waals surface area contributed by atoms with Crippen LogP contribution in [0.3, 0.4) is 0 Å². The van der Waals surface area contributed by atoms with Gasteiger partial charge in [-0.25, -0.2) is 8.78 Å². The molecule has 33 heavy (non-hydrogen) atoms. The topological polar surface area (TPSA) is 117 Å². The summed E-state index contributed by atoms with van der Waals surface area (Å²) in [5.74, 6) is -1.69. The predicted molar refractivity (Wildman–Crippen MR) is 123 cm³/mol. The first-order valence-electron chi connectivity index (χ1n) is 9.93. The van der Waals surface area contributed by atoms with Crippen molar-refractivity contribution in [2.75, 3.05) is 6.61 Å². The number of hydrogen-bond acceptors (Lipinski definition) is 5. The SMILES string of the molecule is Cc1[nH]c(=O)c(Br)c(OCc2ccc(F)cc2F)c1-c1ccc(CNC(=O)[C@@H](N)CO)cc1. The van der Waals surface area contributed by atoms with Gasteiger partial charge in [0.05, 0.1) is 6.61 Å². The lowest BCUT2D eigenvalue weighted by Crippen LogP contribution is -2.42. The third kappa shape index (κ3) is 5.84. The molecule has 0 unspecified atom stereocenters. The van der Waals surface area contributed by atoms with Gasteiger partial charge in [0.15, 0.2) is 0 Å². The number of H-pyrrole nitrogens is 1. The van der Waals surface area contributed by atoms with Crippen LogP contribution in [0.5, 0.6) is 5.75 Å². The molecule has 0 spiro atoms. The van der Waals surface area contributed by atoms with E-state index in [1.165, 1.54) is 6.07 Å². The summed E-state index contributed by atoms with van der Waals surface area (Å²) in [4.78, 5) is 26.7. The van der Waals surface area contributed by atoms with Crippen molar-refractivity contribution in [1.82, 2.24) is 10.3 Å². The van der Waals surface area contributed by atoms with E-state index >= 15 is 0 Å². The second-order valence-electron chi connectivity index (χ2n) is 7.33. The van der Waals surface area contributed by atoms with E-state index in [0.717, 1.165) is 17.7 Å². The molecule has 7 nitrogen and oxygen atoms in total. The van der Waals surface area contributed by atoms with Gasteiger partial charge in [-0.3, -0.25) is 9.59 Å². The van der Waals surface area contributed by atoms with Crippen molar-refractivity contribution in [3.63, 3.8) is 0 Å². The molecule has 5 N–H and O–H groups in total. The molecule has 3 aromatic rings. The number of nitrogens with one attached hydrogen (secondary N) is 2. The zero-order valence-corrected chi connectivity index (χ0v) is 19.2. The third-order valence-corrected chi connectivity index (χ3v) is 5.65. The zero-order valence-electron chi connectivity index (χ0n) is 17.6. The van der Waals surface area contributed by atoms with Gasteiger partial charge in [0, 0.05) is 29.4 Å². The summed E-state index contributed by atoms with van der Waals surface area (Å²) >= 11 is 3.24. The fourth-order valence-corrected chi connectivity index (χ4v) is 3.55. The molecule has 1 heterocycles. The number of halogens is 3. The number of hydrogen-bond donors (Lipinski definition) is 4. The maximum Gasteiger partial charge on any atom is 0.266 e. The minimum atomic E-state index is -0.990. The highest BCUT2D eigenvalue weighted by Gasteiger charge is 2.18. The van der Waals surface area contributed by atoms with Gasteiger partial charge >= 0.3 is 0 Å². The Morgan fingerprint density at radius 3 is 2.58 bits per heavy atom. The van der Waals surface area contributed by atoms with Crippen LogP contribution < -0.4 is 21.3 Å². The van der Waals surface area contributed by atoms with E-state index in [-0.39, 0.29) is 28.9 Å². The van der Waals surface area contributed by atoms with E-state index < -0.39 is 35.7 Å². The summed E-state index contributed by atoms with van der Waals surface area (Å²) < 4.78 is 33.2. The number of aliphatic hydroxyl groups is 1. The first-order valence-corrected chi connectivity index (χ1v) is 10.7. The van der Waals surface area contributed by atoms with Crippen molar-refractivity contribution in [3.05, 3.63) is 85.7 Å². The molecule has 0 fully saturated rings. The summed E-state index contributed by atoms with van der Waals surface area (Å²) in [6.45, 7) is 1.26. The zero-order chi connectivity index (χ0) is 24.1. The van der Waals surface area contributed by atoms with E-state index in [0.29, 0.717) is 16.8 Å². The van der Waals surface area contributed by atoms with Gasteiger partial charge < -0.3 is 25.9 Å². The number of aliphatic hydroxyl groups excluding tert-OH is 1. The Bertz CT molecular complexity index is 1220. The molecule has 0 aliphatic rings. The van der Waals surface area contributed by atoms with E-state index in [2.05, 4.69) is 26.2 Å². The van der Waals surface area contributed by atoms with Crippen molar-refractivity contribution >= 4 is 21.8 Å².